The minimum atomic E-state index is -0.922. The molecule has 0 bridgehead atoms. The lowest BCUT2D eigenvalue weighted by Crippen LogP contribution is -2.24. The first-order valence-electron chi connectivity index (χ1n) is 6.50. The van der Waals surface area contributed by atoms with Crippen LogP contribution >= 0.6 is 15.9 Å². The molecule has 2 N–H and O–H groups in total. The number of rotatable bonds is 4. The zero-order valence-corrected chi connectivity index (χ0v) is 12.4. The van der Waals surface area contributed by atoms with Crippen molar-refractivity contribution in [3.05, 3.63) is 63.6 Å². The van der Waals surface area contributed by atoms with Gasteiger partial charge < -0.3 is 10.4 Å². The van der Waals surface area contributed by atoms with Crippen LogP contribution in [0.5, 0.6) is 0 Å². The quantitative estimate of drug-likeness (QED) is 0.893. The molecule has 2 aromatic carbocycles. The fraction of sp³-hybridized carbons (Fsp3) is 0.188. The summed E-state index contributed by atoms with van der Waals surface area (Å²) in [4.78, 5) is 11.3. The van der Waals surface area contributed by atoms with Crippen LogP contribution in [-0.2, 0) is 6.42 Å². The van der Waals surface area contributed by atoms with E-state index in [0.29, 0.717) is 21.6 Å². The van der Waals surface area contributed by atoms with Crippen LogP contribution in [0.2, 0.25) is 0 Å². The van der Waals surface area contributed by atoms with Crippen molar-refractivity contribution in [3.63, 3.8) is 0 Å². The first-order valence-corrected chi connectivity index (χ1v) is 7.29. The maximum absolute atomic E-state index is 11.3. The summed E-state index contributed by atoms with van der Waals surface area (Å²) in [5, 5.41) is 12.5. The van der Waals surface area contributed by atoms with Crippen molar-refractivity contribution in [2.75, 3.05) is 11.9 Å². The van der Waals surface area contributed by atoms with Gasteiger partial charge in [0.2, 0.25) is 0 Å². The van der Waals surface area contributed by atoms with Crippen molar-refractivity contribution >= 4 is 27.6 Å². The average molecular weight is 332 g/mol. The molecule has 0 aliphatic heterocycles. The Kier molecular flexibility index (Phi) is 3.49. The highest BCUT2D eigenvalue weighted by molar-refractivity contribution is 9.10. The van der Waals surface area contributed by atoms with Crippen LogP contribution in [0, 0.1) is 0 Å². The largest absolute Gasteiger partial charge is 0.478 e. The smallest absolute Gasteiger partial charge is 0.338 e. The number of nitrogens with one attached hydrogen (secondary N) is 1. The third-order valence-electron chi connectivity index (χ3n) is 3.73. The van der Waals surface area contributed by atoms with Crippen LogP contribution in [0.25, 0.3) is 0 Å². The van der Waals surface area contributed by atoms with Gasteiger partial charge in [0, 0.05) is 22.6 Å². The molecular weight excluding hydrogens is 318 g/mol. The lowest BCUT2D eigenvalue weighted by atomic mass is 9.77. The molecule has 0 saturated carbocycles. The molecule has 4 heteroatoms. The van der Waals surface area contributed by atoms with Gasteiger partial charge in [-0.25, -0.2) is 4.79 Å². The minimum absolute atomic E-state index is 0.292. The molecule has 2 aromatic rings. The van der Waals surface area contributed by atoms with Crippen molar-refractivity contribution in [2.45, 2.75) is 12.3 Å². The molecule has 0 fully saturated rings. The van der Waals surface area contributed by atoms with Crippen LogP contribution < -0.4 is 5.32 Å². The summed E-state index contributed by atoms with van der Waals surface area (Å²) >= 11 is 3.29. The summed E-state index contributed by atoms with van der Waals surface area (Å²) < 4.78 is 0.601. The van der Waals surface area contributed by atoms with Crippen LogP contribution in [0.4, 0.5) is 5.69 Å². The second-order valence-electron chi connectivity index (χ2n) is 4.95. The van der Waals surface area contributed by atoms with Gasteiger partial charge in [-0.1, -0.05) is 30.3 Å². The molecule has 0 heterocycles. The monoisotopic (exact) mass is 331 g/mol. The van der Waals surface area contributed by atoms with E-state index < -0.39 is 5.97 Å². The molecule has 1 unspecified atom stereocenters. The number of anilines is 1. The Balaban J connectivity index is 1.75. The maximum Gasteiger partial charge on any atom is 0.338 e. The van der Waals surface area contributed by atoms with E-state index in [0.717, 1.165) is 13.0 Å². The average Bonchev–Trinajstić information content (AvgIpc) is 2.39. The Morgan fingerprint density at radius 2 is 2.05 bits per heavy atom. The fourth-order valence-electron chi connectivity index (χ4n) is 2.67. The molecule has 0 aromatic heterocycles. The van der Waals surface area contributed by atoms with E-state index in [2.05, 4.69) is 39.4 Å². The first-order chi connectivity index (χ1) is 9.66. The second-order valence-corrected chi connectivity index (χ2v) is 5.80. The molecule has 0 amide bonds. The van der Waals surface area contributed by atoms with E-state index in [4.69, 9.17) is 0 Å². The van der Waals surface area contributed by atoms with E-state index >= 15 is 0 Å². The molecular formula is C16H14BrNO2. The number of aromatic carboxylic acids is 1. The van der Waals surface area contributed by atoms with Crippen LogP contribution in [0.1, 0.15) is 27.4 Å². The SMILES string of the molecule is O=C(O)c1c(Br)cccc1NCC1Cc2ccccc21. The lowest BCUT2D eigenvalue weighted by molar-refractivity contribution is 0.0697. The standard InChI is InChI=1S/C16H14BrNO2/c17-13-6-3-7-14(15(13)16(19)20)18-9-11-8-10-4-1-2-5-12(10)11/h1-7,11,18H,8-9H2,(H,19,20). The zero-order chi connectivity index (χ0) is 14.1. The Hall–Kier alpha value is -1.81. The molecule has 1 atom stereocenters. The second kappa shape index (κ2) is 5.29. The molecule has 0 radical (unpaired) electrons. The number of carboxylic acids is 1. The summed E-state index contributed by atoms with van der Waals surface area (Å²) in [6.07, 6.45) is 1.06. The number of carbonyl (C=O) groups is 1. The van der Waals surface area contributed by atoms with Gasteiger partial charge in [-0.05, 0) is 45.6 Å². The molecule has 3 nitrogen and oxygen atoms in total. The molecule has 102 valence electrons. The zero-order valence-electron chi connectivity index (χ0n) is 10.8. The predicted octanol–water partition coefficient (Wildman–Crippen LogP) is 3.90. The highest BCUT2D eigenvalue weighted by Gasteiger charge is 2.25. The van der Waals surface area contributed by atoms with Gasteiger partial charge in [-0.3, -0.25) is 0 Å². The predicted molar refractivity (Wildman–Crippen MR) is 82.5 cm³/mol. The Labute approximate surface area is 125 Å². The third kappa shape index (κ3) is 2.31. The van der Waals surface area contributed by atoms with Crippen LogP contribution in [-0.4, -0.2) is 17.6 Å². The van der Waals surface area contributed by atoms with Gasteiger partial charge in [0.15, 0.2) is 0 Å². The summed E-state index contributed by atoms with van der Waals surface area (Å²) in [5.41, 5.74) is 3.72. The molecule has 0 spiro atoms. The topological polar surface area (TPSA) is 49.3 Å². The molecule has 1 aliphatic carbocycles. The number of carboxylic acid groups (broad SMARTS) is 1. The van der Waals surface area contributed by atoms with Crippen molar-refractivity contribution in [1.29, 1.82) is 0 Å². The lowest BCUT2D eigenvalue weighted by Gasteiger charge is -2.30. The van der Waals surface area contributed by atoms with Crippen molar-refractivity contribution < 1.29 is 9.90 Å². The van der Waals surface area contributed by atoms with Crippen LogP contribution in [0.3, 0.4) is 0 Å². The van der Waals surface area contributed by atoms with E-state index in [-0.39, 0.29) is 0 Å². The summed E-state index contributed by atoms with van der Waals surface area (Å²) in [7, 11) is 0. The Morgan fingerprint density at radius 3 is 2.80 bits per heavy atom. The van der Waals surface area contributed by atoms with Gasteiger partial charge in [0.1, 0.15) is 0 Å². The van der Waals surface area contributed by atoms with Crippen LogP contribution in [0.15, 0.2) is 46.9 Å². The molecule has 0 saturated heterocycles. The maximum atomic E-state index is 11.3. The van der Waals surface area contributed by atoms with E-state index in [1.807, 2.05) is 12.1 Å². The number of hydrogen-bond acceptors (Lipinski definition) is 2. The minimum Gasteiger partial charge on any atom is -0.478 e. The molecule has 1 aliphatic rings. The summed E-state index contributed by atoms with van der Waals surface area (Å²) in [5.74, 6) is -0.458. The van der Waals surface area contributed by atoms with Gasteiger partial charge in [0.05, 0.1) is 5.56 Å². The fourth-order valence-corrected chi connectivity index (χ4v) is 3.20. The van der Waals surface area contributed by atoms with Crippen molar-refractivity contribution in [2.24, 2.45) is 0 Å². The summed E-state index contributed by atoms with van der Waals surface area (Å²) in [6, 6.07) is 13.8. The van der Waals surface area contributed by atoms with E-state index in [9.17, 15) is 9.90 Å². The van der Waals surface area contributed by atoms with Crippen molar-refractivity contribution in [1.82, 2.24) is 0 Å². The molecule has 20 heavy (non-hydrogen) atoms. The Morgan fingerprint density at radius 1 is 1.25 bits per heavy atom. The highest BCUT2D eigenvalue weighted by atomic mass is 79.9. The normalized spacial score (nSPS) is 16.1. The van der Waals surface area contributed by atoms with Gasteiger partial charge in [0.25, 0.3) is 0 Å². The number of halogens is 1. The molecule has 3 rings (SSSR count). The summed E-state index contributed by atoms with van der Waals surface area (Å²) in [6.45, 7) is 0.758. The van der Waals surface area contributed by atoms with E-state index in [1.165, 1.54) is 11.1 Å². The van der Waals surface area contributed by atoms with Gasteiger partial charge >= 0.3 is 5.97 Å². The van der Waals surface area contributed by atoms with Crippen molar-refractivity contribution in [3.8, 4) is 0 Å². The Bertz CT molecular complexity index is 669. The van der Waals surface area contributed by atoms with Gasteiger partial charge in [-0.15, -0.1) is 0 Å². The number of hydrogen-bond donors (Lipinski definition) is 2. The van der Waals surface area contributed by atoms with E-state index in [1.54, 1.807) is 12.1 Å². The third-order valence-corrected chi connectivity index (χ3v) is 4.39. The number of fused-ring (bicyclic) bond motifs is 1. The number of benzene rings is 2. The first kappa shape index (κ1) is 13.2. The highest BCUT2D eigenvalue weighted by Crippen LogP contribution is 2.35. The van der Waals surface area contributed by atoms with Gasteiger partial charge in [-0.2, -0.15) is 0 Å².